The number of hydrogen-bond acceptors (Lipinski definition) is 5. The summed E-state index contributed by atoms with van der Waals surface area (Å²) in [7, 11) is 1.06. The summed E-state index contributed by atoms with van der Waals surface area (Å²) >= 11 is 1.12. The Balaban J connectivity index is 1.90. The molecule has 1 heterocycles. The molecule has 5 nitrogen and oxygen atoms in total. The number of carbonyl (C=O) groups is 1. The Hall–Kier alpha value is -2.16. The number of benzene rings is 1. The minimum absolute atomic E-state index is 0.132. The van der Waals surface area contributed by atoms with E-state index in [0.717, 1.165) is 23.9 Å². The molecule has 1 amide bonds. The number of amides is 1. The van der Waals surface area contributed by atoms with Crippen molar-refractivity contribution in [3.63, 3.8) is 0 Å². The lowest BCUT2D eigenvalue weighted by Gasteiger charge is -2.18. The van der Waals surface area contributed by atoms with E-state index < -0.39 is 25.2 Å². The van der Waals surface area contributed by atoms with Crippen molar-refractivity contribution in [2.24, 2.45) is 0 Å². The molecule has 0 saturated carbocycles. The lowest BCUT2D eigenvalue weighted by Crippen LogP contribution is -2.38. The summed E-state index contributed by atoms with van der Waals surface area (Å²) in [5, 5.41) is 8.39. The van der Waals surface area contributed by atoms with Crippen molar-refractivity contribution < 1.29 is 22.7 Å². The number of aromatic nitrogens is 2. The quantitative estimate of drug-likeness (QED) is 0.845. The minimum Gasteiger partial charge on any atom is -0.459 e. The number of nitrogens with zero attached hydrogens (tertiary/aromatic N) is 3. The number of likely N-dealkylation sites (N-methyl/N-ethyl adjacent to an activating group) is 1. The van der Waals surface area contributed by atoms with Crippen molar-refractivity contribution in [2.45, 2.75) is 6.18 Å². The number of hydrogen-bond donors (Lipinski definition) is 0. The first-order valence-electron chi connectivity index (χ1n) is 6.17. The summed E-state index contributed by atoms with van der Waals surface area (Å²) in [4.78, 5) is 12.1. The minimum atomic E-state index is -4.44. The SMILES string of the molecule is CN(CC(F)(F)F)C(=O)COc1nnc(-c2ccccc2)s1. The maximum atomic E-state index is 12.2. The smallest absolute Gasteiger partial charge is 0.406 e. The van der Waals surface area contributed by atoms with Gasteiger partial charge in [-0.15, -0.1) is 5.10 Å². The summed E-state index contributed by atoms with van der Waals surface area (Å²) in [5.74, 6) is -0.784. The molecule has 22 heavy (non-hydrogen) atoms. The number of alkyl halides is 3. The molecule has 0 N–H and O–H groups in total. The standard InChI is InChI=1S/C13H12F3N3O2S/c1-19(8-13(14,15)16)10(20)7-21-12-18-17-11(22-12)9-5-3-2-4-6-9/h2-6H,7-8H2,1H3. The van der Waals surface area contributed by atoms with Crippen LogP contribution in [0.25, 0.3) is 10.6 Å². The Morgan fingerprint density at radius 1 is 1.27 bits per heavy atom. The van der Waals surface area contributed by atoms with Crippen LogP contribution in [0.3, 0.4) is 0 Å². The fourth-order valence-corrected chi connectivity index (χ4v) is 2.26. The molecule has 0 aliphatic heterocycles. The maximum Gasteiger partial charge on any atom is 0.406 e. The third-order valence-corrected chi connectivity index (χ3v) is 3.47. The average molecular weight is 331 g/mol. The van der Waals surface area contributed by atoms with Gasteiger partial charge in [0, 0.05) is 12.6 Å². The zero-order chi connectivity index (χ0) is 16.2. The van der Waals surface area contributed by atoms with Crippen LogP contribution in [-0.2, 0) is 4.79 Å². The van der Waals surface area contributed by atoms with E-state index in [1.807, 2.05) is 30.3 Å². The predicted molar refractivity (Wildman–Crippen MR) is 74.5 cm³/mol. The first-order chi connectivity index (χ1) is 10.3. The van der Waals surface area contributed by atoms with E-state index in [0.29, 0.717) is 9.91 Å². The molecule has 0 unspecified atom stereocenters. The van der Waals surface area contributed by atoms with Crippen molar-refractivity contribution in [3.05, 3.63) is 30.3 Å². The van der Waals surface area contributed by atoms with E-state index in [9.17, 15) is 18.0 Å². The van der Waals surface area contributed by atoms with Gasteiger partial charge in [0.2, 0.25) is 0 Å². The second kappa shape index (κ2) is 6.73. The predicted octanol–water partition coefficient (Wildman–Crippen LogP) is 2.60. The molecule has 0 radical (unpaired) electrons. The van der Waals surface area contributed by atoms with Crippen LogP contribution in [0.1, 0.15) is 0 Å². The van der Waals surface area contributed by atoms with Crippen LogP contribution in [0.4, 0.5) is 13.2 Å². The fourth-order valence-electron chi connectivity index (χ4n) is 1.56. The van der Waals surface area contributed by atoms with E-state index in [1.54, 1.807) is 0 Å². The van der Waals surface area contributed by atoms with E-state index >= 15 is 0 Å². The summed E-state index contributed by atoms with van der Waals surface area (Å²) in [6.07, 6.45) is -4.44. The van der Waals surface area contributed by atoms with Gasteiger partial charge in [0.05, 0.1) is 0 Å². The summed E-state index contributed by atoms with van der Waals surface area (Å²) < 4.78 is 41.6. The molecule has 0 atom stereocenters. The molecule has 1 aromatic carbocycles. The van der Waals surface area contributed by atoms with Crippen LogP contribution in [0, 0.1) is 0 Å². The average Bonchev–Trinajstić information content (AvgIpc) is 2.92. The van der Waals surface area contributed by atoms with Gasteiger partial charge < -0.3 is 9.64 Å². The molecule has 0 aliphatic carbocycles. The molecule has 0 fully saturated rings. The van der Waals surface area contributed by atoms with Crippen LogP contribution in [0.2, 0.25) is 0 Å². The molecule has 2 aromatic rings. The van der Waals surface area contributed by atoms with Gasteiger partial charge in [-0.1, -0.05) is 46.8 Å². The van der Waals surface area contributed by atoms with Crippen molar-refractivity contribution in [1.82, 2.24) is 15.1 Å². The van der Waals surface area contributed by atoms with E-state index in [4.69, 9.17) is 4.74 Å². The highest BCUT2D eigenvalue weighted by molar-refractivity contribution is 7.16. The molecular formula is C13H12F3N3O2S. The van der Waals surface area contributed by atoms with Gasteiger partial charge in [-0.05, 0) is 0 Å². The first kappa shape index (κ1) is 16.2. The lowest BCUT2D eigenvalue weighted by atomic mass is 10.2. The van der Waals surface area contributed by atoms with Gasteiger partial charge in [-0.2, -0.15) is 13.2 Å². The largest absolute Gasteiger partial charge is 0.459 e. The normalized spacial score (nSPS) is 11.3. The summed E-state index contributed by atoms with van der Waals surface area (Å²) in [6, 6.07) is 9.22. The Morgan fingerprint density at radius 2 is 1.95 bits per heavy atom. The van der Waals surface area contributed by atoms with E-state index in [1.165, 1.54) is 0 Å². The Bertz CT molecular complexity index is 631. The highest BCUT2D eigenvalue weighted by Crippen LogP contribution is 2.27. The zero-order valence-corrected chi connectivity index (χ0v) is 12.3. The molecular weight excluding hydrogens is 319 g/mol. The first-order valence-corrected chi connectivity index (χ1v) is 6.99. The van der Waals surface area contributed by atoms with Crippen molar-refractivity contribution in [1.29, 1.82) is 0 Å². The van der Waals surface area contributed by atoms with Gasteiger partial charge in [-0.25, -0.2) is 0 Å². The van der Waals surface area contributed by atoms with Gasteiger partial charge in [0.15, 0.2) is 11.6 Å². The Labute approximate surface area is 128 Å². The third-order valence-electron chi connectivity index (χ3n) is 2.59. The van der Waals surface area contributed by atoms with Gasteiger partial charge >= 0.3 is 6.18 Å². The highest BCUT2D eigenvalue weighted by atomic mass is 32.1. The molecule has 0 spiro atoms. The van der Waals surface area contributed by atoms with E-state index in [-0.39, 0.29) is 5.19 Å². The molecule has 118 valence electrons. The molecule has 9 heteroatoms. The van der Waals surface area contributed by atoms with Gasteiger partial charge in [0.1, 0.15) is 6.54 Å². The van der Waals surface area contributed by atoms with Crippen LogP contribution in [-0.4, -0.2) is 47.4 Å². The fraction of sp³-hybridized carbons (Fsp3) is 0.308. The van der Waals surface area contributed by atoms with Gasteiger partial charge in [0.25, 0.3) is 11.1 Å². The Morgan fingerprint density at radius 3 is 2.59 bits per heavy atom. The van der Waals surface area contributed by atoms with E-state index in [2.05, 4.69) is 10.2 Å². The number of ether oxygens (including phenoxy) is 1. The van der Waals surface area contributed by atoms with Crippen LogP contribution >= 0.6 is 11.3 Å². The summed E-state index contributed by atoms with van der Waals surface area (Å²) in [6.45, 7) is -1.84. The second-order valence-corrected chi connectivity index (χ2v) is 5.33. The van der Waals surface area contributed by atoms with Crippen LogP contribution in [0.5, 0.6) is 5.19 Å². The lowest BCUT2D eigenvalue weighted by molar-refractivity contribution is -0.159. The van der Waals surface area contributed by atoms with Crippen LogP contribution in [0.15, 0.2) is 30.3 Å². The van der Waals surface area contributed by atoms with Crippen LogP contribution < -0.4 is 4.74 Å². The molecule has 2 rings (SSSR count). The monoisotopic (exact) mass is 331 g/mol. The highest BCUT2D eigenvalue weighted by Gasteiger charge is 2.31. The summed E-state index contributed by atoms with van der Waals surface area (Å²) in [5.41, 5.74) is 0.843. The molecule has 0 aliphatic rings. The molecule has 0 bridgehead atoms. The zero-order valence-electron chi connectivity index (χ0n) is 11.5. The third kappa shape index (κ3) is 4.69. The van der Waals surface area contributed by atoms with Crippen molar-refractivity contribution >= 4 is 17.2 Å². The Kier molecular flexibility index (Phi) is 4.96. The maximum absolute atomic E-state index is 12.2. The molecule has 0 saturated heterocycles. The number of halogens is 3. The van der Waals surface area contributed by atoms with Gasteiger partial charge in [-0.3, -0.25) is 4.79 Å². The molecule has 1 aromatic heterocycles. The van der Waals surface area contributed by atoms with Crippen molar-refractivity contribution in [2.75, 3.05) is 20.2 Å². The second-order valence-electron chi connectivity index (χ2n) is 4.39. The topological polar surface area (TPSA) is 55.3 Å². The number of rotatable bonds is 5. The number of carbonyl (C=O) groups excluding carboxylic acids is 1. The van der Waals surface area contributed by atoms with Crippen molar-refractivity contribution in [3.8, 4) is 15.8 Å².